The van der Waals surface area contributed by atoms with Gasteiger partial charge in [0.15, 0.2) is 0 Å². The summed E-state index contributed by atoms with van der Waals surface area (Å²) in [5, 5.41) is 5.88. The van der Waals surface area contributed by atoms with Crippen molar-refractivity contribution < 1.29 is 9.59 Å². The van der Waals surface area contributed by atoms with Gasteiger partial charge in [0.25, 0.3) is 0 Å². The number of hydrogen-bond donors (Lipinski definition) is 3. The van der Waals surface area contributed by atoms with Crippen LogP contribution in [0.25, 0.3) is 0 Å². The summed E-state index contributed by atoms with van der Waals surface area (Å²) >= 11 is 0. The molecule has 5 heteroatoms. The van der Waals surface area contributed by atoms with E-state index in [4.69, 9.17) is 5.73 Å². The van der Waals surface area contributed by atoms with Gasteiger partial charge >= 0.3 is 6.03 Å². The highest BCUT2D eigenvalue weighted by Gasteiger charge is 2.33. The highest BCUT2D eigenvalue weighted by Crippen LogP contribution is 2.20. The number of hydrogen-bond acceptors (Lipinski definition) is 2. The molecule has 3 amide bonds. The molecule has 1 rings (SSSR count). The number of amides is 3. The molecule has 0 aromatic carbocycles. The Kier molecular flexibility index (Phi) is 5.25. The molecule has 98 valence electrons. The van der Waals surface area contributed by atoms with Gasteiger partial charge in [-0.2, -0.15) is 0 Å². The number of carbonyl (C=O) groups excluding carboxylic acids is 2. The van der Waals surface area contributed by atoms with Crippen molar-refractivity contribution in [2.45, 2.75) is 58.0 Å². The molecule has 4 N–H and O–H groups in total. The van der Waals surface area contributed by atoms with Gasteiger partial charge in [0.1, 0.15) is 0 Å². The summed E-state index contributed by atoms with van der Waals surface area (Å²) in [7, 11) is 0. The van der Waals surface area contributed by atoms with Crippen LogP contribution in [0.2, 0.25) is 0 Å². The zero-order valence-electron chi connectivity index (χ0n) is 10.7. The molecule has 0 spiro atoms. The van der Waals surface area contributed by atoms with Crippen LogP contribution in [0, 0.1) is 5.92 Å². The number of urea groups is 1. The van der Waals surface area contributed by atoms with Gasteiger partial charge in [-0.3, -0.25) is 4.79 Å². The normalized spacial score (nSPS) is 25.2. The van der Waals surface area contributed by atoms with E-state index in [-0.39, 0.29) is 24.0 Å². The Balaban J connectivity index is 2.29. The molecule has 1 aliphatic heterocycles. The highest BCUT2D eigenvalue weighted by molar-refractivity contribution is 5.77. The average molecular weight is 241 g/mol. The Morgan fingerprint density at radius 1 is 1.41 bits per heavy atom. The topological polar surface area (TPSA) is 84.2 Å². The minimum absolute atomic E-state index is 0.0640. The molecular formula is C12H23N3O2. The molecule has 17 heavy (non-hydrogen) atoms. The summed E-state index contributed by atoms with van der Waals surface area (Å²) in [5.41, 5.74) is 5.09. The van der Waals surface area contributed by atoms with E-state index >= 15 is 0 Å². The van der Waals surface area contributed by atoms with Crippen molar-refractivity contribution in [3.63, 3.8) is 0 Å². The second kappa shape index (κ2) is 6.47. The fourth-order valence-corrected chi connectivity index (χ4v) is 2.39. The number of primary amides is 1. The fraction of sp³-hybridized carbons (Fsp3) is 0.833. The molecule has 0 bridgehead atoms. The Bertz CT molecular complexity index is 281. The lowest BCUT2D eigenvalue weighted by atomic mass is 9.90. The first-order valence-electron chi connectivity index (χ1n) is 6.40. The Labute approximate surface area is 103 Å². The first-order valence-corrected chi connectivity index (χ1v) is 6.40. The van der Waals surface area contributed by atoms with E-state index in [0.717, 1.165) is 25.7 Å². The lowest BCUT2D eigenvalue weighted by Crippen LogP contribution is -2.38. The molecule has 0 aromatic rings. The summed E-state index contributed by atoms with van der Waals surface area (Å²) in [6.45, 7) is 4.22. The van der Waals surface area contributed by atoms with Crippen molar-refractivity contribution in [1.29, 1.82) is 0 Å². The quantitative estimate of drug-likeness (QED) is 0.584. The van der Waals surface area contributed by atoms with Gasteiger partial charge in [0, 0.05) is 6.42 Å². The van der Waals surface area contributed by atoms with Crippen LogP contribution in [0.4, 0.5) is 4.79 Å². The van der Waals surface area contributed by atoms with Crippen LogP contribution in [-0.4, -0.2) is 24.0 Å². The van der Waals surface area contributed by atoms with E-state index in [1.54, 1.807) is 0 Å². The number of unbranched alkanes of at least 4 members (excludes halogenated alkanes) is 1. The van der Waals surface area contributed by atoms with Gasteiger partial charge in [0.2, 0.25) is 5.91 Å². The van der Waals surface area contributed by atoms with Gasteiger partial charge in [-0.1, -0.05) is 20.3 Å². The van der Waals surface area contributed by atoms with Gasteiger partial charge < -0.3 is 16.4 Å². The van der Waals surface area contributed by atoms with Gasteiger partial charge in [0.05, 0.1) is 12.1 Å². The molecular weight excluding hydrogens is 218 g/mol. The lowest BCUT2D eigenvalue weighted by Gasteiger charge is -2.23. The van der Waals surface area contributed by atoms with E-state index in [9.17, 15) is 9.59 Å². The molecule has 0 saturated carbocycles. The molecule has 5 nitrogen and oxygen atoms in total. The third-order valence-corrected chi connectivity index (χ3v) is 3.43. The second-order valence-electron chi connectivity index (χ2n) is 4.85. The fourth-order valence-electron chi connectivity index (χ4n) is 2.39. The van der Waals surface area contributed by atoms with Crippen LogP contribution in [0.1, 0.15) is 46.0 Å². The minimum Gasteiger partial charge on any atom is -0.370 e. The molecule has 1 saturated heterocycles. The largest absolute Gasteiger partial charge is 0.370 e. The predicted molar refractivity (Wildman–Crippen MR) is 66.4 cm³/mol. The molecule has 1 fully saturated rings. The van der Waals surface area contributed by atoms with Crippen molar-refractivity contribution in [3.8, 4) is 0 Å². The van der Waals surface area contributed by atoms with E-state index in [0.29, 0.717) is 12.3 Å². The SMILES string of the molecule is CCC1NC(=O)NC1C(C)CCCCC(N)=O. The van der Waals surface area contributed by atoms with Crippen LogP contribution < -0.4 is 16.4 Å². The van der Waals surface area contributed by atoms with Crippen molar-refractivity contribution in [2.75, 3.05) is 0 Å². The molecule has 3 unspecified atom stereocenters. The van der Waals surface area contributed by atoms with E-state index < -0.39 is 0 Å². The molecule has 3 atom stereocenters. The average Bonchev–Trinajstić information content (AvgIpc) is 2.65. The molecule has 1 heterocycles. The van der Waals surface area contributed by atoms with Gasteiger partial charge in [-0.25, -0.2) is 4.79 Å². The Hall–Kier alpha value is -1.26. The summed E-state index contributed by atoms with van der Waals surface area (Å²) in [6.07, 6.45) is 4.22. The Morgan fingerprint density at radius 3 is 2.71 bits per heavy atom. The molecule has 1 aliphatic rings. The third-order valence-electron chi connectivity index (χ3n) is 3.43. The molecule has 0 aliphatic carbocycles. The predicted octanol–water partition coefficient (Wildman–Crippen LogP) is 1.13. The van der Waals surface area contributed by atoms with Crippen LogP contribution in [-0.2, 0) is 4.79 Å². The number of carbonyl (C=O) groups is 2. The van der Waals surface area contributed by atoms with Gasteiger partial charge in [-0.15, -0.1) is 0 Å². The molecule has 0 radical (unpaired) electrons. The summed E-state index contributed by atoms with van der Waals surface area (Å²) in [6, 6.07) is 0.376. The first-order chi connectivity index (χ1) is 8.04. The van der Waals surface area contributed by atoms with Crippen LogP contribution in [0.3, 0.4) is 0 Å². The maximum atomic E-state index is 11.3. The Morgan fingerprint density at radius 2 is 2.12 bits per heavy atom. The first kappa shape index (κ1) is 13.8. The summed E-state index contributed by atoms with van der Waals surface area (Å²) < 4.78 is 0. The second-order valence-corrected chi connectivity index (χ2v) is 4.85. The highest BCUT2D eigenvalue weighted by atomic mass is 16.2. The monoisotopic (exact) mass is 241 g/mol. The van der Waals surface area contributed by atoms with Crippen molar-refractivity contribution in [3.05, 3.63) is 0 Å². The third kappa shape index (κ3) is 4.24. The number of nitrogens with two attached hydrogens (primary N) is 1. The van der Waals surface area contributed by atoms with E-state index in [2.05, 4.69) is 24.5 Å². The lowest BCUT2D eigenvalue weighted by molar-refractivity contribution is -0.118. The van der Waals surface area contributed by atoms with Crippen LogP contribution in [0.15, 0.2) is 0 Å². The van der Waals surface area contributed by atoms with Crippen molar-refractivity contribution in [1.82, 2.24) is 10.6 Å². The molecule has 0 aromatic heterocycles. The maximum Gasteiger partial charge on any atom is 0.315 e. The standard InChI is InChI=1S/C12H23N3O2/c1-3-9-11(15-12(17)14-9)8(2)6-4-5-7-10(13)16/h8-9,11H,3-7H2,1-2H3,(H2,13,16)(H2,14,15,17). The van der Waals surface area contributed by atoms with Crippen LogP contribution in [0.5, 0.6) is 0 Å². The summed E-state index contributed by atoms with van der Waals surface area (Å²) in [4.78, 5) is 21.9. The van der Waals surface area contributed by atoms with Crippen molar-refractivity contribution in [2.24, 2.45) is 11.7 Å². The zero-order valence-corrected chi connectivity index (χ0v) is 10.7. The van der Waals surface area contributed by atoms with Crippen LogP contribution >= 0.6 is 0 Å². The number of rotatable bonds is 7. The maximum absolute atomic E-state index is 11.3. The zero-order chi connectivity index (χ0) is 12.8. The minimum atomic E-state index is -0.236. The summed E-state index contributed by atoms with van der Waals surface area (Å²) in [5.74, 6) is 0.187. The smallest absolute Gasteiger partial charge is 0.315 e. The van der Waals surface area contributed by atoms with E-state index in [1.165, 1.54) is 0 Å². The van der Waals surface area contributed by atoms with Gasteiger partial charge in [-0.05, 0) is 25.2 Å². The van der Waals surface area contributed by atoms with E-state index in [1.807, 2.05) is 0 Å². The number of nitrogens with one attached hydrogen (secondary N) is 2. The van der Waals surface area contributed by atoms with Crippen molar-refractivity contribution >= 4 is 11.9 Å².